The normalized spacial score (nSPS) is 13.5. The SMILES string of the molecule is CCC[C@H](c1ccccc1)P(=O)(OCC)OCC. The lowest BCUT2D eigenvalue weighted by atomic mass is 10.1. The molecule has 0 amide bonds. The van der Waals surface area contributed by atoms with Crippen LogP contribution >= 0.6 is 7.60 Å². The molecule has 1 atom stereocenters. The van der Waals surface area contributed by atoms with Crippen molar-refractivity contribution < 1.29 is 13.6 Å². The van der Waals surface area contributed by atoms with Gasteiger partial charge >= 0.3 is 7.60 Å². The maximum Gasteiger partial charge on any atom is 0.338 e. The van der Waals surface area contributed by atoms with Crippen molar-refractivity contribution in [1.82, 2.24) is 0 Å². The van der Waals surface area contributed by atoms with Crippen LogP contribution in [0, 0.1) is 0 Å². The van der Waals surface area contributed by atoms with Gasteiger partial charge in [0.25, 0.3) is 0 Å². The summed E-state index contributed by atoms with van der Waals surface area (Å²) in [5.41, 5.74) is 0.869. The second kappa shape index (κ2) is 7.73. The molecular formula is C14H23O3P. The van der Waals surface area contributed by atoms with E-state index in [1.165, 1.54) is 0 Å². The molecule has 0 spiro atoms. The second-order valence-corrected chi connectivity index (χ2v) is 6.31. The first kappa shape index (κ1) is 15.4. The van der Waals surface area contributed by atoms with Gasteiger partial charge in [-0.3, -0.25) is 4.57 Å². The summed E-state index contributed by atoms with van der Waals surface area (Å²) in [4.78, 5) is 0. The Kier molecular flexibility index (Phi) is 6.62. The monoisotopic (exact) mass is 270 g/mol. The third-order valence-electron chi connectivity index (χ3n) is 2.75. The Morgan fingerprint density at radius 1 is 1.06 bits per heavy atom. The lowest BCUT2D eigenvalue weighted by molar-refractivity contribution is 0.210. The minimum absolute atomic E-state index is 0.163. The molecule has 0 aliphatic carbocycles. The van der Waals surface area contributed by atoms with Crippen LogP contribution in [0.2, 0.25) is 0 Å². The number of hydrogen-bond donors (Lipinski definition) is 0. The molecule has 3 nitrogen and oxygen atoms in total. The van der Waals surface area contributed by atoms with E-state index in [2.05, 4.69) is 6.92 Å². The summed E-state index contributed by atoms with van der Waals surface area (Å²) in [6.45, 7) is 6.59. The Hall–Kier alpha value is -0.630. The van der Waals surface area contributed by atoms with E-state index in [-0.39, 0.29) is 5.66 Å². The van der Waals surface area contributed by atoms with E-state index < -0.39 is 7.60 Å². The summed E-state index contributed by atoms with van der Waals surface area (Å²) >= 11 is 0. The Balaban J connectivity index is 3.04. The molecule has 18 heavy (non-hydrogen) atoms. The highest BCUT2D eigenvalue weighted by Gasteiger charge is 2.35. The molecule has 0 aliphatic heterocycles. The van der Waals surface area contributed by atoms with E-state index in [0.717, 1.165) is 18.4 Å². The molecule has 0 N–H and O–H groups in total. The van der Waals surface area contributed by atoms with E-state index in [1.54, 1.807) is 0 Å². The summed E-state index contributed by atoms with van der Waals surface area (Å²) < 4.78 is 23.8. The molecule has 0 saturated carbocycles. The molecule has 0 bridgehead atoms. The quantitative estimate of drug-likeness (QED) is 0.637. The molecule has 0 unspecified atom stereocenters. The Bertz CT molecular complexity index is 368. The lowest BCUT2D eigenvalue weighted by Gasteiger charge is -2.26. The van der Waals surface area contributed by atoms with Gasteiger partial charge in [-0.25, -0.2) is 0 Å². The second-order valence-electron chi connectivity index (χ2n) is 4.09. The molecule has 0 aromatic heterocycles. The molecule has 1 aromatic carbocycles. The zero-order valence-corrected chi connectivity index (χ0v) is 12.4. The maximum atomic E-state index is 12.9. The van der Waals surface area contributed by atoms with Gasteiger partial charge in [-0.2, -0.15) is 0 Å². The van der Waals surface area contributed by atoms with Gasteiger partial charge in [0, 0.05) is 0 Å². The van der Waals surface area contributed by atoms with Crippen molar-refractivity contribution >= 4 is 7.60 Å². The van der Waals surface area contributed by atoms with Gasteiger partial charge in [-0.1, -0.05) is 43.7 Å². The standard InChI is InChI=1S/C14H23O3P/c1-4-10-14(13-11-8-7-9-12-13)18(15,16-5-2)17-6-3/h7-9,11-12,14H,4-6,10H2,1-3H3/t14-/m1/s1. The van der Waals surface area contributed by atoms with E-state index in [9.17, 15) is 4.57 Å². The van der Waals surface area contributed by atoms with Gasteiger partial charge in [0.1, 0.15) is 0 Å². The summed E-state index contributed by atoms with van der Waals surface area (Å²) in [5.74, 6) is 0. The van der Waals surface area contributed by atoms with Gasteiger partial charge in [-0.05, 0) is 25.8 Å². The summed E-state index contributed by atoms with van der Waals surface area (Å²) in [5, 5.41) is 0. The summed E-state index contributed by atoms with van der Waals surface area (Å²) in [7, 11) is -3.07. The van der Waals surface area contributed by atoms with E-state index >= 15 is 0 Å². The fourth-order valence-electron chi connectivity index (χ4n) is 2.03. The van der Waals surface area contributed by atoms with E-state index in [0.29, 0.717) is 13.2 Å². The van der Waals surface area contributed by atoms with Gasteiger partial charge in [0.05, 0.1) is 18.9 Å². The maximum absolute atomic E-state index is 12.9. The fraction of sp³-hybridized carbons (Fsp3) is 0.571. The van der Waals surface area contributed by atoms with Crippen molar-refractivity contribution in [3.05, 3.63) is 35.9 Å². The summed E-state index contributed by atoms with van der Waals surface area (Å²) in [6, 6.07) is 9.86. The van der Waals surface area contributed by atoms with Crippen molar-refractivity contribution in [3.63, 3.8) is 0 Å². The van der Waals surface area contributed by atoms with Gasteiger partial charge in [0.2, 0.25) is 0 Å². The van der Waals surface area contributed by atoms with Gasteiger partial charge < -0.3 is 9.05 Å². The molecule has 0 aliphatic rings. The average molecular weight is 270 g/mol. The van der Waals surface area contributed by atoms with Crippen molar-refractivity contribution in [3.8, 4) is 0 Å². The number of rotatable bonds is 8. The Labute approximate surface area is 110 Å². The van der Waals surface area contributed by atoms with Crippen LogP contribution in [-0.2, 0) is 13.6 Å². The van der Waals surface area contributed by atoms with Gasteiger partial charge in [0.15, 0.2) is 0 Å². The van der Waals surface area contributed by atoms with Crippen LogP contribution in [0.5, 0.6) is 0 Å². The lowest BCUT2D eigenvalue weighted by Crippen LogP contribution is -2.06. The highest BCUT2D eigenvalue weighted by atomic mass is 31.2. The van der Waals surface area contributed by atoms with E-state index in [4.69, 9.17) is 9.05 Å². The number of hydrogen-bond acceptors (Lipinski definition) is 3. The van der Waals surface area contributed by atoms with Crippen LogP contribution in [-0.4, -0.2) is 13.2 Å². The molecule has 0 saturated heterocycles. The molecule has 0 fully saturated rings. The highest BCUT2D eigenvalue weighted by Crippen LogP contribution is 2.62. The largest absolute Gasteiger partial charge is 0.338 e. The van der Waals surface area contributed by atoms with E-state index in [1.807, 2.05) is 44.2 Å². The zero-order chi connectivity index (χ0) is 13.4. The topological polar surface area (TPSA) is 35.5 Å². The third-order valence-corrected chi connectivity index (χ3v) is 5.30. The van der Waals surface area contributed by atoms with Crippen LogP contribution in [0.15, 0.2) is 30.3 Å². The molecule has 4 heteroatoms. The molecule has 102 valence electrons. The Morgan fingerprint density at radius 3 is 2.06 bits per heavy atom. The van der Waals surface area contributed by atoms with Gasteiger partial charge in [-0.15, -0.1) is 0 Å². The van der Waals surface area contributed by atoms with Crippen LogP contribution in [0.4, 0.5) is 0 Å². The molecule has 1 aromatic rings. The van der Waals surface area contributed by atoms with Crippen LogP contribution in [0.3, 0.4) is 0 Å². The molecule has 1 rings (SSSR count). The van der Waals surface area contributed by atoms with Crippen LogP contribution in [0.1, 0.15) is 44.8 Å². The van der Waals surface area contributed by atoms with Crippen LogP contribution in [0.25, 0.3) is 0 Å². The predicted octanol–water partition coefficient (Wildman–Crippen LogP) is 4.79. The summed E-state index contributed by atoms with van der Waals surface area (Å²) in [6.07, 6.45) is 1.75. The van der Waals surface area contributed by atoms with Crippen molar-refractivity contribution in [2.45, 2.75) is 39.3 Å². The van der Waals surface area contributed by atoms with Crippen LogP contribution < -0.4 is 0 Å². The third kappa shape index (κ3) is 3.94. The minimum atomic E-state index is -3.07. The first-order valence-electron chi connectivity index (χ1n) is 6.61. The molecular weight excluding hydrogens is 247 g/mol. The predicted molar refractivity (Wildman–Crippen MR) is 74.9 cm³/mol. The number of benzene rings is 1. The highest BCUT2D eigenvalue weighted by molar-refractivity contribution is 7.54. The average Bonchev–Trinajstić information content (AvgIpc) is 2.37. The first-order chi connectivity index (χ1) is 8.68. The smallest absolute Gasteiger partial charge is 0.308 e. The Morgan fingerprint density at radius 2 is 1.61 bits per heavy atom. The van der Waals surface area contributed by atoms with Crippen molar-refractivity contribution in [1.29, 1.82) is 0 Å². The zero-order valence-electron chi connectivity index (χ0n) is 11.5. The first-order valence-corrected chi connectivity index (χ1v) is 8.22. The molecule has 0 radical (unpaired) electrons. The minimum Gasteiger partial charge on any atom is -0.308 e. The van der Waals surface area contributed by atoms with Crippen molar-refractivity contribution in [2.24, 2.45) is 0 Å². The van der Waals surface area contributed by atoms with Crippen molar-refractivity contribution in [2.75, 3.05) is 13.2 Å². The fourth-order valence-corrected chi connectivity index (χ4v) is 4.30. The molecule has 0 heterocycles.